The summed E-state index contributed by atoms with van der Waals surface area (Å²) in [7, 11) is 0. The number of aromatic nitrogens is 1. The molecule has 1 amide bonds. The van der Waals surface area contributed by atoms with Gasteiger partial charge in [-0.3, -0.25) is 9.78 Å². The summed E-state index contributed by atoms with van der Waals surface area (Å²) in [5.74, 6) is -1.44. The SMILES string of the molecule is O=C(NC(CCOCCCCc1ccc2c(n1)CCCC2)C(=O)O)c1ccccc1. The second kappa shape index (κ2) is 11.5. The number of hydrogen-bond donors (Lipinski definition) is 2. The number of hydrogen-bond acceptors (Lipinski definition) is 4. The molecule has 3 rings (SSSR count). The van der Waals surface area contributed by atoms with E-state index in [1.54, 1.807) is 30.3 Å². The number of pyridine rings is 1. The molecule has 160 valence electrons. The fourth-order valence-corrected chi connectivity index (χ4v) is 3.67. The second-order valence-corrected chi connectivity index (χ2v) is 7.70. The molecule has 2 aromatic rings. The number of rotatable bonds is 11. The molecule has 1 atom stereocenters. The summed E-state index contributed by atoms with van der Waals surface area (Å²) >= 11 is 0. The Hall–Kier alpha value is -2.73. The van der Waals surface area contributed by atoms with E-state index in [0.717, 1.165) is 37.8 Å². The van der Waals surface area contributed by atoms with Crippen LogP contribution in [-0.2, 0) is 28.8 Å². The van der Waals surface area contributed by atoms with Gasteiger partial charge < -0.3 is 15.2 Å². The van der Waals surface area contributed by atoms with Crippen LogP contribution in [0.2, 0.25) is 0 Å². The summed E-state index contributed by atoms with van der Waals surface area (Å²) in [6.45, 7) is 0.868. The Labute approximate surface area is 177 Å². The first-order valence-corrected chi connectivity index (χ1v) is 10.8. The predicted molar refractivity (Wildman–Crippen MR) is 115 cm³/mol. The zero-order valence-electron chi connectivity index (χ0n) is 17.3. The molecule has 1 aliphatic carbocycles. The molecule has 1 aliphatic rings. The molecular weight excluding hydrogens is 380 g/mol. The Balaban J connectivity index is 1.31. The van der Waals surface area contributed by atoms with Crippen LogP contribution in [0.5, 0.6) is 0 Å². The quantitative estimate of drug-likeness (QED) is 0.553. The highest BCUT2D eigenvalue weighted by atomic mass is 16.5. The van der Waals surface area contributed by atoms with Gasteiger partial charge in [0.1, 0.15) is 6.04 Å². The van der Waals surface area contributed by atoms with Crippen molar-refractivity contribution >= 4 is 11.9 Å². The molecule has 0 saturated heterocycles. The van der Waals surface area contributed by atoms with E-state index in [2.05, 4.69) is 17.4 Å². The standard InChI is InChI=1S/C24H30N2O4/c27-23(19-9-2-1-3-10-19)26-22(24(28)29)15-17-30-16-7-6-11-20-14-13-18-8-4-5-12-21(18)25-20/h1-3,9-10,13-14,22H,4-8,11-12,15-17H2,(H,26,27)(H,28,29). The molecule has 0 radical (unpaired) electrons. The molecule has 30 heavy (non-hydrogen) atoms. The largest absolute Gasteiger partial charge is 0.480 e. The Morgan fingerprint density at radius 2 is 1.83 bits per heavy atom. The number of aryl methyl sites for hydroxylation is 3. The van der Waals surface area contributed by atoms with Gasteiger partial charge in [0, 0.05) is 36.6 Å². The van der Waals surface area contributed by atoms with Crippen molar-refractivity contribution in [3.05, 3.63) is 65.0 Å². The lowest BCUT2D eigenvalue weighted by Crippen LogP contribution is -2.41. The number of carbonyl (C=O) groups is 2. The van der Waals surface area contributed by atoms with E-state index in [-0.39, 0.29) is 12.3 Å². The van der Waals surface area contributed by atoms with Crippen molar-refractivity contribution in [2.24, 2.45) is 0 Å². The van der Waals surface area contributed by atoms with Crippen molar-refractivity contribution in [2.75, 3.05) is 13.2 Å². The van der Waals surface area contributed by atoms with Gasteiger partial charge in [-0.25, -0.2) is 4.79 Å². The van der Waals surface area contributed by atoms with Crippen LogP contribution < -0.4 is 5.32 Å². The molecule has 0 saturated carbocycles. The number of carbonyl (C=O) groups excluding carboxylic acids is 1. The van der Waals surface area contributed by atoms with E-state index in [1.165, 1.54) is 24.1 Å². The van der Waals surface area contributed by atoms with E-state index in [4.69, 9.17) is 9.72 Å². The van der Waals surface area contributed by atoms with Gasteiger partial charge >= 0.3 is 5.97 Å². The summed E-state index contributed by atoms with van der Waals surface area (Å²) in [5, 5.41) is 11.9. The minimum Gasteiger partial charge on any atom is -0.480 e. The van der Waals surface area contributed by atoms with Gasteiger partial charge in [0.05, 0.1) is 0 Å². The summed E-state index contributed by atoms with van der Waals surface area (Å²) in [6.07, 6.45) is 7.80. The highest BCUT2D eigenvalue weighted by Crippen LogP contribution is 2.20. The van der Waals surface area contributed by atoms with Crippen LogP contribution in [0, 0.1) is 0 Å². The normalized spacial score (nSPS) is 14.0. The molecular formula is C24H30N2O4. The topological polar surface area (TPSA) is 88.5 Å². The lowest BCUT2D eigenvalue weighted by molar-refractivity contribution is -0.139. The minimum atomic E-state index is -1.05. The highest BCUT2D eigenvalue weighted by Gasteiger charge is 2.20. The summed E-state index contributed by atoms with van der Waals surface area (Å²) in [6, 6.07) is 12.0. The van der Waals surface area contributed by atoms with Crippen molar-refractivity contribution < 1.29 is 19.4 Å². The molecule has 1 aromatic carbocycles. The lowest BCUT2D eigenvalue weighted by atomic mass is 9.95. The maximum atomic E-state index is 12.1. The second-order valence-electron chi connectivity index (χ2n) is 7.70. The van der Waals surface area contributed by atoms with Crippen LogP contribution in [0.1, 0.15) is 59.4 Å². The number of benzene rings is 1. The van der Waals surface area contributed by atoms with Gasteiger partial charge in [0.2, 0.25) is 0 Å². The maximum absolute atomic E-state index is 12.1. The summed E-state index contributed by atoms with van der Waals surface area (Å²) in [4.78, 5) is 28.3. The molecule has 1 aromatic heterocycles. The van der Waals surface area contributed by atoms with Crippen molar-refractivity contribution in [3.63, 3.8) is 0 Å². The zero-order valence-corrected chi connectivity index (χ0v) is 17.3. The molecule has 6 heteroatoms. The zero-order chi connectivity index (χ0) is 21.2. The monoisotopic (exact) mass is 410 g/mol. The molecule has 1 unspecified atom stereocenters. The molecule has 0 aliphatic heterocycles. The number of ether oxygens (including phenoxy) is 1. The first-order chi connectivity index (χ1) is 14.6. The highest BCUT2D eigenvalue weighted by molar-refractivity contribution is 5.96. The Morgan fingerprint density at radius 3 is 2.63 bits per heavy atom. The van der Waals surface area contributed by atoms with Gasteiger partial charge in [-0.05, 0) is 68.7 Å². The van der Waals surface area contributed by atoms with E-state index in [0.29, 0.717) is 18.8 Å². The van der Waals surface area contributed by atoms with Gasteiger partial charge in [-0.15, -0.1) is 0 Å². The van der Waals surface area contributed by atoms with Gasteiger partial charge in [0.25, 0.3) is 5.91 Å². The van der Waals surface area contributed by atoms with Gasteiger partial charge in [-0.2, -0.15) is 0 Å². The Bertz CT molecular complexity index is 838. The first-order valence-electron chi connectivity index (χ1n) is 10.8. The van der Waals surface area contributed by atoms with E-state index in [1.807, 2.05) is 0 Å². The third-order valence-corrected chi connectivity index (χ3v) is 5.40. The fraction of sp³-hybridized carbons (Fsp3) is 0.458. The van der Waals surface area contributed by atoms with Crippen molar-refractivity contribution in [1.82, 2.24) is 10.3 Å². The molecule has 0 fully saturated rings. The third-order valence-electron chi connectivity index (χ3n) is 5.40. The molecule has 2 N–H and O–H groups in total. The number of fused-ring (bicyclic) bond motifs is 1. The van der Waals surface area contributed by atoms with E-state index < -0.39 is 12.0 Å². The minimum absolute atomic E-state index is 0.236. The maximum Gasteiger partial charge on any atom is 0.326 e. The summed E-state index contributed by atoms with van der Waals surface area (Å²) in [5.41, 5.74) is 4.26. The van der Waals surface area contributed by atoms with Crippen molar-refractivity contribution in [2.45, 2.75) is 57.4 Å². The fourth-order valence-electron chi connectivity index (χ4n) is 3.67. The van der Waals surface area contributed by atoms with Crippen LogP contribution >= 0.6 is 0 Å². The number of unbranched alkanes of at least 4 members (excludes halogenated alkanes) is 1. The predicted octanol–water partition coefficient (Wildman–Crippen LogP) is 3.57. The average Bonchev–Trinajstić information content (AvgIpc) is 2.77. The number of amides is 1. The average molecular weight is 411 g/mol. The smallest absolute Gasteiger partial charge is 0.326 e. The Kier molecular flexibility index (Phi) is 8.39. The molecule has 0 spiro atoms. The number of carboxylic acid groups (broad SMARTS) is 1. The first kappa shape index (κ1) is 22.0. The van der Waals surface area contributed by atoms with Crippen LogP contribution in [0.4, 0.5) is 0 Å². The molecule has 0 bridgehead atoms. The Morgan fingerprint density at radius 1 is 1.03 bits per heavy atom. The van der Waals surface area contributed by atoms with Gasteiger partial charge in [-0.1, -0.05) is 24.3 Å². The van der Waals surface area contributed by atoms with E-state index in [9.17, 15) is 14.7 Å². The van der Waals surface area contributed by atoms with Crippen LogP contribution in [0.25, 0.3) is 0 Å². The molecule has 6 nitrogen and oxygen atoms in total. The summed E-state index contributed by atoms with van der Waals surface area (Å²) < 4.78 is 5.60. The van der Waals surface area contributed by atoms with E-state index >= 15 is 0 Å². The number of aliphatic carboxylic acids is 1. The van der Waals surface area contributed by atoms with Gasteiger partial charge in [0.15, 0.2) is 0 Å². The number of carboxylic acids is 1. The lowest BCUT2D eigenvalue weighted by Gasteiger charge is -2.15. The van der Waals surface area contributed by atoms with Crippen molar-refractivity contribution in [3.8, 4) is 0 Å². The van der Waals surface area contributed by atoms with Crippen LogP contribution in [-0.4, -0.2) is 41.2 Å². The molecule has 1 heterocycles. The number of nitrogens with one attached hydrogen (secondary N) is 1. The van der Waals surface area contributed by atoms with Crippen molar-refractivity contribution in [1.29, 1.82) is 0 Å². The third kappa shape index (κ3) is 6.66. The number of nitrogens with zero attached hydrogens (tertiary/aromatic N) is 1. The van der Waals surface area contributed by atoms with Crippen LogP contribution in [0.3, 0.4) is 0 Å². The van der Waals surface area contributed by atoms with Crippen LogP contribution in [0.15, 0.2) is 42.5 Å².